The lowest BCUT2D eigenvalue weighted by Crippen LogP contribution is -2.32. The number of anilines is 1. The van der Waals surface area contributed by atoms with E-state index in [4.69, 9.17) is 4.74 Å². The molecule has 0 saturated carbocycles. The van der Waals surface area contributed by atoms with Crippen LogP contribution in [0.2, 0.25) is 0 Å². The number of aliphatic hydroxyl groups is 1. The molecular formula is C18H21N7O4S2. The van der Waals surface area contributed by atoms with Crippen molar-refractivity contribution >= 4 is 40.0 Å². The molecule has 0 spiro atoms. The van der Waals surface area contributed by atoms with E-state index in [0.717, 1.165) is 5.01 Å². The van der Waals surface area contributed by atoms with E-state index in [2.05, 4.69) is 31.0 Å². The van der Waals surface area contributed by atoms with Crippen molar-refractivity contribution in [3.8, 4) is 5.75 Å². The van der Waals surface area contributed by atoms with Gasteiger partial charge in [-0.3, -0.25) is 14.9 Å². The fourth-order valence-electron chi connectivity index (χ4n) is 2.56. The Bertz CT molecular complexity index is 1050. The monoisotopic (exact) mass is 463 g/mol. The van der Waals surface area contributed by atoms with E-state index in [1.54, 1.807) is 49.9 Å². The third-order valence-corrected chi connectivity index (χ3v) is 5.90. The summed E-state index contributed by atoms with van der Waals surface area (Å²) >= 11 is 2.46. The average molecular weight is 464 g/mol. The van der Waals surface area contributed by atoms with Gasteiger partial charge in [-0.1, -0.05) is 23.1 Å². The lowest BCUT2D eigenvalue weighted by Gasteiger charge is -2.16. The van der Waals surface area contributed by atoms with Crippen LogP contribution in [0.1, 0.15) is 27.2 Å². The molecule has 0 unspecified atom stereocenters. The van der Waals surface area contributed by atoms with Crippen molar-refractivity contribution in [2.75, 3.05) is 24.8 Å². The van der Waals surface area contributed by atoms with E-state index < -0.39 is 6.04 Å². The minimum atomic E-state index is -0.764. The van der Waals surface area contributed by atoms with Crippen molar-refractivity contribution in [1.29, 1.82) is 0 Å². The summed E-state index contributed by atoms with van der Waals surface area (Å²) in [6.07, 6.45) is 0. The Kier molecular flexibility index (Phi) is 7.55. The number of rotatable bonds is 9. The third-order valence-electron chi connectivity index (χ3n) is 4.13. The minimum absolute atomic E-state index is 0.0899. The van der Waals surface area contributed by atoms with Gasteiger partial charge in [0.1, 0.15) is 16.8 Å². The van der Waals surface area contributed by atoms with E-state index in [0.29, 0.717) is 27.4 Å². The Morgan fingerprint density at radius 2 is 1.97 bits per heavy atom. The normalized spacial score (nSPS) is 11.7. The molecule has 0 radical (unpaired) electrons. The predicted octanol–water partition coefficient (Wildman–Crippen LogP) is 1.18. The average Bonchev–Trinajstić information content (AvgIpc) is 3.35. The summed E-state index contributed by atoms with van der Waals surface area (Å²) in [4.78, 5) is 24.6. The first-order chi connectivity index (χ1) is 14.9. The molecule has 0 bridgehead atoms. The molecule has 31 heavy (non-hydrogen) atoms. The molecule has 164 valence electrons. The standard InChI is InChI=1S/C18H21N7O4S2/c1-10-21-23-17(31-10)20-14(27)9-30-18-24-22-15(25(18)2)13(8-26)19-16(28)11-4-6-12(29-3)7-5-11/h4-7,13,26H,8-9H2,1-3H3,(H,19,28)(H,20,23,27)/t13-/m1/s1. The van der Waals surface area contributed by atoms with Crippen LogP contribution in [0, 0.1) is 6.92 Å². The van der Waals surface area contributed by atoms with Crippen molar-refractivity contribution < 1.29 is 19.4 Å². The summed E-state index contributed by atoms with van der Waals surface area (Å²) in [7, 11) is 3.24. The van der Waals surface area contributed by atoms with Crippen LogP contribution >= 0.6 is 23.1 Å². The zero-order chi connectivity index (χ0) is 22.4. The van der Waals surface area contributed by atoms with Gasteiger partial charge in [-0.05, 0) is 31.2 Å². The second-order valence-electron chi connectivity index (χ2n) is 6.30. The molecule has 0 aliphatic heterocycles. The number of methoxy groups -OCH3 is 1. The van der Waals surface area contributed by atoms with Crippen molar-refractivity contribution in [3.63, 3.8) is 0 Å². The van der Waals surface area contributed by atoms with Gasteiger partial charge in [0.25, 0.3) is 5.91 Å². The maximum absolute atomic E-state index is 12.5. The molecule has 11 nitrogen and oxygen atoms in total. The quantitative estimate of drug-likeness (QED) is 0.398. The zero-order valence-corrected chi connectivity index (χ0v) is 18.7. The van der Waals surface area contributed by atoms with E-state index >= 15 is 0 Å². The number of hydrogen-bond acceptors (Lipinski definition) is 10. The van der Waals surface area contributed by atoms with Crippen LogP contribution in [-0.4, -0.2) is 61.4 Å². The summed E-state index contributed by atoms with van der Waals surface area (Å²) in [5.74, 6) is 0.470. The number of ether oxygens (including phenoxy) is 1. The van der Waals surface area contributed by atoms with Gasteiger partial charge < -0.3 is 19.7 Å². The number of nitrogens with one attached hydrogen (secondary N) is 2. The van der Waals surface area contributed by atoms with Crippen molar-refractivity contribution in [2.45, 2.75) is 18.1 Å². The highest BCUT2D eigenvalue weighted by molar-refractivity contribution is 7.99. The highest BCUT2D eigenvalue weighted by Crippen LogP contribution is 2.21. The van der Waals surface area contributed by atoms with Crippen LogP contribution in [0.15, 0.2) is 29.4 Å². The fourth-order valence-corrected chi connectivity index (χ4v) is 3.89. The number of thioether (sulfide) groups is 1. The summed E-state index contributed by atoms with van der Waals surface area (Å²) < 4.78 is 6.71. The first-order valence-electron chi connectivity index (χ1n) is 9.09. The number of hydrogen-bond donors (Lipinski definition) is 3. The first-order valence-corrected chi connectivity index (χ1v) is 10.9. The molecule has 2 heterocycles. The molecule has 2 aromatic heterocycles. The first kappa shape index (κ1) is 22.7. The van der Waals surface area contributed by atoms with E-state index in [9.17, 15) is 14.7 Å². The number of aryl methyl sites for hydroxylation is 1. The molecule has 3 rings (SSSR count). The van der Waals surface area contributed by atoms with Crippen molar-refractivity contribution in [1.82, 2.24) is 30.3 Å². The Morgan fingerprint density at radius 1 is 1.23 bits per heavy atom. The molecule has 3 N–H and O–H groups in total. The Hall–Kier alpha value is -3.03. The number of aromatic nitrogens is 5. The molecule has 0 saturated heterocycles. The van der Waals surface area contributed by atoms with Crippen LogP contribution < -0.4 is 15.4 Å². The van der Waals surface area contributed by atoms with Crippen LogP contribution in [0.3, 0.4) is 0 Å². The molecule has 13 heteroatoms. The number of carbonyl (C=O) groups excluding carboxylic acids is 2. The van der Waals surface area contributed by atoms with Crippen molar-refractivity contribution in [2.24, 2.45) is 7.05 Å². The van der Waals surface area contributed by atoms with E-state index in [-0.39, 0.29) is 24.2 Å². The smallest absolute Gasteiger partial charge is 0.251 e. The van der Waals surface area contributed by atoms with Gasteiger partial charge in [0.2, 0.25) is 11.0 Å². The highest BCUT2D eigenvalue weighted by atomic mass is 32.2. The van der Waals surface area contributed by atoms with Crippen LogP contribution in [0.4, 0.5) is 5.13 Å². The Labute approximate surface area is 186 Å². The van der Waals surface area contributed by atoms with Gasteiger partial charge in [-0.25, -0.2) is 0 Å². The minimum Gasteiger partial charge on any atom is -0.497 e. The highest BCUT2D eigenvalue weighted by Gasteiger charge is 2.22. The van der Waals surface area contributed by atoms with Gasteiger partial charge >= 0.3 is 0 Å². The molecule has 0 aliphatic rings. The van der Waals surface area contributed by atoms with Gasteiger partial charge in [-0.2, -0.15) is 0 Å². The van der Waals surface area contributed by atoms with E-state index in [1.165, 1.54) is 23.1 Å². The zero-order valence-electron chi connectivity index (χ0n) is 17.0. The molecular weight excluding hydrogens is 442 g/mol. The van der Waals surface area contributed by atoms with Gasteiger partial charge in [-0.15, -0.1) is 20.4 Å². The summed E-state index contributed by atoms with van der Waals surface area (Å²) in [5, 5.41) is 32.7. The molecule has 2 amide bonds. The van der Waals surface area contributed by atoms with Crippen LogP contribution in [-0.2, 0) is 11.8 Å². The topological polar surface area (TPSA) is 144 Å². The predicted molar refractivity (Wildman–Crippen MR) is 115 cm³/mol. The number of nitrogens with zero attached hydrogens (tertiary/aromatic N) is 5. The lowest BCUT2D eigenvalue weighted by molar-refractivity contribution is -0.113. The number of aliphatic hydroxyl groups excluding tert-OH is 1. The van der Waals surface area contributed by atoms with Crippen LogP contribution in [0.25, 0.3) is 0 Å². The number of benzene rings is 1. The Morgan fingerprint density at radius 3 is 2.58 bits per heavy atom. The lowest BCUT2D eigenvalue weighted by atomic mass is 10.2. The summed E-state index contributed by atoms with van der Waals surface area (Å²) in [6.45, 7) is 1.43. The van der Waals surface area contributed by atoms with Gasteiger partial charge in [0.05, 0.1) is 19.5 Å². The Balaban J connectivity index is 1.61. The maximum atomic E-state index is 12.5. The number of amides is 2. The molecule has 1 aromatic carbocycles. The maximum Gasteiger partial charge on any atom is 0.251 e. The summed E-state index contributed by atoms with van der Waals surface area (Å²) in [5.41, 5.74) is 0.416. The molecule has 3 aromatic rings. The van der Waals surface area contributed by atoms with Crippen molar-refractivity contribution in [3.05, 3.63) is 40.7 Å². The molecule has 1 atom stereocenters. The van der Waals surface area contributed by atoms with Crippen LogP contribution in [0.5, 0.6) is 5.75 Å². The SMILES string of the molecule is COc1ccc(C(=O)N[C@H](CO)c2nnc(SCC(=O)Nc3nnc(C)s3)n2C)cc1. The second kappa shape index (κ2) is 10.3. The molecule has 0 fully saturated rings. The van der Waals surface area contributed by atoms with Gasteiger partial charge in [0.15, 0.2) is 11.0 Å². The molecule has 0 aliphatic carbocycles. The largest absolute Gasteiger partial charge is 0.497 e. The second-order valence-corrected chi connectivity index (χ2v) is 8.42. The van der Waals surface area contributed by atoms with E-state index in [1.807, 2.05) is 0 Å². The number of carbonyl (C=O) groups is 2. The third kappa shape index (κ3) is 5.77. The summed E-state index contributed by atoms with van der Waals surface area (Å²) in [6, 6.07) is 5.83. The van der Waals surface area contributed by atoms with Gasteiger partial charge in [0, 0.05) is 12.6 Å². The fraction of sp³-hybridized carbons (Fsp3) is 0.333.